The van der Waals surface area contributed by atoms with Crippen molar-refractivity contribution in [3.05, 3.63) is 29.8 Å². The summed E-state index contributed by atoms with van der Waals surface area (Å²) in [6, 6.07) is 7.50. The quantitative estimate of drug-likeness (QED) is 0.832. The Labute approximate surface area is 94.4 Å². The van der Waals surface area contributed by atoms with Crippen molar-refractivity contribution in [2.75, 3.05) is 7.11 Å². The summed E-state index contributed by atoms with van der Waals surface area (Å²) in [6.45, 7) is 0.462. The summed E-state index contributed by atoms with van der Waals surface area (Å²) in [7, 11) is 1.61. The number of aliphatic hydroxyl groups excluding tert-OH is 1. The van der Waals surface area contributed by atoms with Gasteiger partial charge in [-0.05, 0) is 17.7 Å². The van der Waals surface area contributed by atoms with Gasteiger partial charge in [-0.3, -0.25) is 4.79 Å². The lowest BCUT2D eigenvalue weighted by atomic mass is 10.2. The van der Waals surface area contributed by atoms with Crippen molar-refractivity contribution >= 4 is 5.91 Å². The molecule has 0 spiro atoms. The number of carbonyl (C=O) groups is 1. The number of aliphatic hydroxyl groups is 1. The van der Waals surface area contributed by atoms with Crippen molar-refractivity contribution in [1.82, 2.24) is 4.90 Å². The molecule has 0 bridgehead atoms. The van der Waals surface area contributed by atoms with Gasteiger partial charge < -0.3 is 14.7 Å². The Hall–Kier alpha value is -1.55. The van der Waals surface area contributed by atoms with Gasteiger partial charge in [-0.15, -0.1) is 0 Å². The number of ether oxygens (including phenoxy) is 1. The van der Waals surface area contributed by atoms with E-state index in [0.717, 1.165) is 11.3 Å². The first-order valence-electron chi connectivity index (χ1n) is 5.31. The van der Waals surface area contributed by atoms with Crippen LogP contribution in [0.15, 0.2) is 24.3 Å². The molecule has 1 aliphatic heterocycles. The highest BCUT2D eigenvalue weighted by Gasteiger charge is 2.28. The summed E-state index contributed by atoms with van der Waals surface area (Å²) in [5.74, 6) is 0.806. The Morgan fingerprint density at radius 1 is 1.44 bits per heavy atom. The number of methoxy groups -OCH3 is 1. The lowest BCUT2D eigenvalue weighted by molar-refractivity contribution is -0.134. The SMILES string of the molecule is COc1ccc(CN2C(=O)CC[C@H]2O)cc1. The van der Waals surface area contributed by atoms with Crippen LogP contribution in [0.3, 0.4) is 0 Å². The van der Waals surface area contributed by atoms with Crippen molar-refractivity contribution in [1.29, 1.82) is 0 Å². The van der Waals surface area contributed by atoms with Gasteiger partial charge in [0.05, 0.1) is 7.11 Å². The van der Waals surface area contributed by atoms with Gasteiger partial charge in [0.25, 0.3) is 0 Å². The minimum atomic E-state index is -0.630. The third-order valence-corrected chi connectivity index (χ3v) is 2.81. The van der Waals surface area contributed by atoms with Crippen LogP contribution in [0, 0.1) is 0 Å². The van der Waals surface area contributed by atoms with Crippen LogP contribution in [0.5, 0.6) is 5.75 Å². The van der Waals surface area contributed by atoms with Crippen molar-refractivity contribution in [3.63, 3.8) is 0 Å². The van der Waals surface area contributed by atoms with Crippen LogP contribution in [0.2, 0.25) is 0 Å². The smallest absolute Gasteiger partial charge is 0.225 e. The monoisotopic (exact) mass is 221 g/mol. The number of hydrogen-bond donors (Lipinski definition) is 1. The first-order valence-corrected chi connectivity index (χ1v) is 5.31. The molecular formula is C12H15NO3. The van der Waals surface area contributed by atoms with Gasteiger partial charge in [-0.1, -0.05) is 12.1 Å². The predicted molar refractivity (Wildman–Crippen MR) is 58.8 cm³/mol. The zero-order valence-corrected chi connectivity index (χ0v) is 9.22. The van der Waals surface area contributed by atoms with Gasteiger partial charge in [0.2, 0.25) is 5.91 Å². The van der Waals surface area contributed by atoms with Gasteiger partial charge in [0, 0.05) is 19.4 Å². The Bertz CT molecular complexity index is 374. The minimum Gasteiger partial charge on any atom is -0.497 e. The molecule has 4 heteroatoms. The summed E-state index contributed by atoms with van der Waals surface area (Å²) in [4.78, 5) is 13.0. The Morgan fingerprint density at radius 3 is 2.62 bits per heavy atom. The second-order valence-electron chi connectivity index (χ2n) is 3.89. The van der Waals surface area contributed by atoms with Crippen LogP contribution in [0.1, 0.15) is 18.4 Å². The standard InChI is InChI=1S/C12H15NO3/c1-16-10-4-2-9(3-5-10)8-13-11(14)6-7-12(13)15/h2-5,11,14H,6-8H2,1H3/t11-/m1/s1. The van der Waals surface area contributed by atoms with Gasteiger partial charge in [-0.25, -0.2) is 0 Å². The van der Waals surface area contributed by atoms with E-state index in [-0.39, 0.29) is 5.91 Å². The van der Waals surface area contributed by atoms with Crippen LogP contribution in [-0.2, 0) is 11.3 Å². The zero-order valence-electron chi connectivity index (χ0n) is 9.22. The number of nitrogens with zero attached hydrogens (tertiary/aromatic N) is 1. The molecule has 4 nitrogen and oxygen atoms in total. The molecule has 2 rings (SSSR count). The van der Waals surface area contributed by atoms with Crippen molar-refractivity contribution in [2.45, 2.75) is 25.6 Å². The van der Waals surface area contributed by atoms with E-state index < -0.39 is 6.23 Å². The number of benzene rings is 1. The van der Waals surface area contributed by atoms with E-state index in [2.05, 4.69) is 0 Å². The summed E-state index contributed by atoms with van der Waals surface area (Å²) < 4.78 is 5.05. The Morgan fingerprint density at radius 2 is 2.12 bits per heavy atom. The number of amides is 1. The molecule has 1 saturated heterocycles. The normalized spacial score (nSPS) is 20.2. The molecule has 0 saturated carbocycles. The minimum absolute atomic E-state index is 0.0170. The zero-order chi connectivity index (χ0) is 11.5. The van der Waals surface area contributed by atoms with Crippen LogP contribution < -0.4 is 4.74 Å². The average Bonchev–Trinajstić information content (AvgIpc) is 2.62. The fraction of sp³-hybridized carbons (Fsp3) is 0.417. The van der Waals surface area contributed by atoms with Gasteiger partial charge in [-0.2, -0.15) is 0 Å². The van der Waals surface area contributed by atoms with Gasteiger partial charge in [0.1, 0.15) is 12.0 Å². The predicted octanol–water partition coefficient (Wildman–Crippen LogP) is 1.14. The second kappa shape index (κ2) is 4.53. The maximum absolute atomic E-state index is 11.5. The second-order valence-corrected chi connectivity index (χ2v) is 3.89. The van der Waals surface area contributed by atoms with E-state index in [1.54, 1.807) is 7.11 Å². The Balaban J connectivity index is 2.05. The lowest BCUT2D eigenvalue weighted by Gasteiger charge is -2.20. The molecule has 0 aromatic heterocycles. The van der Waals surface area contributed by atoms with Crippen molar-refractivity contribution < 1.29 is 14.6 Å². The van der Waals surface area contributed by atoms with Gasteiger partial charge >= 0.3 is 0 Å². The van der Waals surface area contributed by atoms with E-state index in [1.165, 1.54) is 4.90 Å². The highest BCUT2D eigenvalue weighted by Crippen LogP contribution is 2.20. The maximum Gasteiger partial charge on any atom is 0.225 e. The van der Waals surface area contributed by atoms with Crippen LogP contribution in [0.25, 0.3) is 0 Å². The third-order valence-electron chi connectivity index (χ3n) is 2.81. The molecule has 1 atom stereocenters. The van der Waals surface area contributed by atoms with Gasteiger partial charge in [0.15, 0.2) is 0 Å². The van der Waals surface area contributed by atoms with Crippen molar-refractivity contribution in [2.24, 2.45) is 0 Å². The summed E-state index contributed by atoms with van der Waals surface area (Å²) in [6.07, 6.45) is 0.348. The number of hydrogen-bond acceptors (Lipinski definition) is 3. The fourth-order valence-electron chi connectivity index (χ4n) is 1.84. The van der Waals surface area contributed by atoms with E-state index in [4.69, 9.17) is 4.74 Å². The molecule has 1 amide bonds. The maximum atomic E-state index is 11.5. The highest BCUT2D eigenvalue weighted by atomic mass is 16.5. The first kappa shape index (κ1) is 11.0. The largest absolute Gasteiger partial charge is 0.497 e. The molecule has 16 heavy (non-hydrogen) atoms. The number of carbonyl (C=O) groups excluding carboxylic acids is 1. The number of likely N-dealkylation sites (tertiary alicyclic amines) is 1. The van der Waals surface area contributed by atoms with E-state index in [9.17, 15) is 9.90 Å². The molecule has 1 N–H and O–H groups in total. The molecule has 0 radical (unpaired) electrons. The van der Waals surface area contributed by atoms with Crippen LogP contribution >= 0.6 is 0 Å². The molecule has 1 aromatic rings. The molecule has 1 aromatic carbocycles. The van der Waals surface area contributed by atoms with E-state index in [1.807, 2.05) is 24.3 Å². The molecule has 1 heterocycles. The topological polar surface area (TPSA) is 49.8 Å². The molecule has 0 aliphatic carbocycles. The van der Waals surface area contributed by atoms with Crippen LogP contribution in [-0.4, -0.2) is 29.3 Å². The molecule has 86 valence electrons. The summed E-state index contributed by atoms with van der Waals surface area (Å²) >= 11 is 0. The lowest BCUT2D eigenvalue weighted by Crippen LogP contribution is -2.31. The summed E-state index contributed by atoms with van der Waals surface area (Å²) in [5.41, 5.74) is 0.995. The van der Waals surface area contributed by atoms with Crippen LogP contribution in [0.4, 0.5) is 0 Å². The van der Waals surface area contributed by atoms with E-state index >= 15 is 0 Å². The van der Waals surface area contributed by atoms with Crippen molar-refractivity contribution in [3.8, 4) is 5.75 Å². The first-order chi connectivity index (χ1) is 7.70. The molecule has 1 fully saturated rings. The molecule has 0 unspecified atom stereocenters. The Kier molecular flexibility index (Phi) is 3.10. The molecular weight excluding hydrogens is 206 g/mol. The number of rotatable bonds is 3. The summed E-state index contributed by atoms with van der Waals surface area (Å²) in [5, 5.41) is 9.60. The molecule has 1 aliphatic rings. The average molecular weight is 221 g/mol. The van der Waals surface area contributed by atoms with E-state index in [0.29, 0.717) is 19.4 Å². The fourth-order valence-corrected chi connectivity index (χ4v) is 1.84. The third kappa shape index (κ3) is 2.17. The highest BCUT2D eigenvalue weighted by molar-refractivity contribution is 5.78.